The highest BCUT2D eigenvalue weighted by Crippen LogP contribution is 2.45. The van der Waals surface area contributed by atoms with Gasteiger partial charge in [-0.25, -0.2) is 0 Å². The van der Waals surface area contributed by atoms with Crippen LogP contribution in [0.25, 0.3) is 0 Å². The average molecular weight is 346 g/mol. The van der Waals surface area contributed by atoms with Crippen LogP contribution in [0.2, 0.25) is 0 Å². The highest BCUT2D eigenvalue weighted by atomic mass is 16.3. The van der Waals surface area contributed by atoms with E-state index in [4.69, 9.17) is 0 Å². The van der Waals surface area contributed by atoms with E-state index in [1.54, 1.807) is 19.0 Å². The van der Waals surface area contributed by atoms with Crippen LogP contribution < -0.4 is 10.6 Å². The molecular weight excluding hydrogens is 316 g/mol. The number of hydrogen-bond donors (Lipinski definition) is 3. The monoisotopic (exact) mass is 346 g/mol. The van der Waals surface area contributed by atoms with Crippen molar-refractivity contribution in [3.8, 4) is 0 Å². The molecule has 25 heavy (non-hydrogen) atoms. The molecule has 0 aromatic heterocycles. The van der Waals surface area contributed by atoms with Crippen molar-refractivity contribution < 1.29 is 9.90 Å². The second kappa shape index (κ2) is 8.85. The number of carbonyl (C=O) groups is 1. The number of hydrogen-bond acceptors (Lipinski definition) is 3. The number of carbonyl (C=O) groups excluding carboxylic acids is 1. The van der Waals surface area contributed by atoms with E-state index in [0.717, 1.165) is 43.9 Å². The Bertz CT molecular complexity index is 609. The van der Waals surface area contributed by atoms with E-state index in [1.165, 1.54) is 0 Å². The van der Waals surface area contributed by atoms with Crippen molar-refractivity contribution in [2.75, 3.05) is 40.3 Å². The number of aliphatic hydroxyl groups is 1. The molecule has 2 rings (SSSR count). The Morgan fingerprint density at radius 2 is 2.08 bits per heavy atom. The summed E-state index contributed by atoms with van der Waals surface area (Å²) in [6.45, 7) is 4.43. The number of aliphatic hydroxyl groups excluding tert-OH is 1. The molecule has 0 radical (unpaired) electrons. The Labute approximate surface area is 150 Å². The molecule has 0 saturated heterocycles. The smallest absolute Gasteiger partial charge is 0.253 e. The van der Waals surface area contributed by atoms with Crippen LogP contribution in [0, 0.1) is 5.41 Å². The Morgan fingerprint density at radius 3 is 2.68 bits per heavy atom. The van der Waals surface area contributed by atoms with E-state index in [1.807, 2.05) is 31.2 Å². The molecule has 1 aliphatic rings. The predicted molar refractivity (Wildman–Crippen MR) is 101 cm³/mol. The Morgan fingerprint density at radius 1 is 1.32 bits per heavy atom. The Balaban J connectivity index is 1.88. The fraction of sp³-hybridized carbons (Fsp3) is 0.579. The summed E-state index contributed by atoms with van der Waals surface area (Å²) in [5.74, 6) is 0.797. The lowest BCUT2D eigenvalue weighted by Crippen LogP contribution is -2.39. The van der Waals surface area contributed by atoms with Gasteiger partial charge in [0.05, 0.1) is 13.2 Å². The second-order valence-electron chi connectivity index (χ2n) is 6.93. The molecule has 3 N–H and O–H groups in total. The lowest BCUT2D eigenvalue weighted by atomic mass is 10.1. The van der Waals surface area contributed by atoms with Gasteiger partial charge in [-0.15, -0.1) is 0 Å². The second-order valence-corrected chi connectivity index (χ2v) is 6.93. The SMILES string of the molecule is CCNC(=NCC1(CO)CC1)NCCc1cccc(C(=O)N(C)C)c1. The van der Waals surface area contributed by atoms with Crippen LogP contribution in [0.4, 0.5) is 0 Å². The first-order valence-corrected chi connectivity index (χ1v) is 8.93. The first kappa shape index (κ1) is 19.2. The standard InChI is InChI=1S/C19H30N4O2/c1-4-20-18(22-13-19(14-24)9-10-19)21-11-8-15-6-5-7-16(12-15)17(25)23(2)3/h5-7,12,24H,4,8-11,13-14H2,1-3H3,(H2,20,21,22). The molecule has 0 heterocycles. The lowest BCUT2D eigenvalue weighted by Gasteiger charge is -2.14. The van der Waals surface area contributed by atoms with E-state index in [2.05, 4.69) is 15.6 Å². The fourth-order valence-electron chi connectivity index (χ4n) is 2.57. The van der Waals surface area contributed by atoms with Gasteiger partial charge in [0.2, 0.25) is 0 Å². The summed E-state index contributed by atoms with van der Waals surface area (Å²) in [4.78, 5) is 18.2. The summed E-state index contributed by atoms with van der Waals surface area (Å²) in [7, 11) is 3.52. The molecule has 0 aliphatic heterocycles. The molecule has 1 aromatic rings. The zero-order valence-electron chi connectivity index (χ0n) is 15.5. The summed E-state index contributed by atoms with van der Waals surface area (Å²) in [5.41, 5.74) is 1.84. The van der Waals surface area contributed by atoms with Crippen molar-refractivity contribution in [1.82, 2.24) is 15.5 Å². The number of nitrogens with zero attached hydrogens (tertiary/aromatic N) is 2. The van der Waals surface area contributed by atoms with Gasteiger partial charge in [-0.2, -0.15) is 0 Å². The third-order valence-electron chi connectivity index (χ3n) is 4.50. The molecule has 1 saturated carbocycles. The largest absolute Gasteiger partial charge is 0.396 e. The van der Waals surface area contributed by atoms with Crippen molar-refractivity contribution >= 4 is 11.9 Å². The molecule has 6 heteroatoms. The molecule has 1 amide bonds. The molecule has 0 bridgehead atoms. The van der Waals surface area contributed by atoms with Gasteiger partial charge in [0.25, 0.3) is 5.91 Å². The molecule has 1 aliphatic carbocycles. The van der Waals surface area contributed by atoms with Gasteiger partial charge < -0.3 is 20.6 Å². The molecule has 6 nitrogen and oxygen atoms in total. The first-order valence-electron chi connectivity index (χ1n) is 8.93. The number of rotatable bonds is 8. The maximum Gasteiger partial charge on any atom is 0.253 e. The van der Waals surface area contributed by atoms with Crippen molar-refractivity contribution in [2.45, 2.75) is 26.2 Å². The van der Waals surface area contributed by atoms with Gasteiger partial charge >= 0.3 is 0 Å². The molecule has 0 spiro atoms. The van der Waals surface area contributed by atoms with Crippen LogP contribution in [0.3, 0.4) is 0 Å². The van der Waals surface area contributed by atoms with Crippen molar-refractivity contribution in [2.24, 2.45) is 10.4 Å². The highest BCUT2D eigenvalue weighted by Gasteiger charge is 2.41. The normalized spacial score (nSPS) is 15.6. The fourth-order valence-corrected chi connectivity index (χ4v) is 2.57. The van der Waals surface area contributed by atoms with Gasteiger partial charge in [-0.1, -0.05) is 12.1 Å². The van der Waals surface area contributed by atoms with Crippen molar-refractivity contribution in [3.63, 3.8) is 0 Å². The van der Waals surface area contributed by atoms with Crippen LogP contribution in [0.1, 0.15) is 35.7 Å². The zero-order chi connectivity index (χ0) is 18.3. The molecule has 0 atom stereocenters. The van der Waals surface area contributed by atoms with Crippen LogP contribution in [0.5, 0.6) is 0 Å². The summed E-state index contributed by atoms with van der Waals surface area (Å²) in [5, 5.41) is 16.0. The predicted octanol–water partition coefficient (Wildman–Crippen LogP) is 1.26. The van der Waals surface area contributed by atoms with Crippen molar-refractivity contribution in [1.29, 1.82) is 0 Å². The van der Waals surface area contributed by atoms with Crippen LogP contribution >= 0.6 is 0 Å². The number of amides is 1. The van der Waals surface area contributed by atoms with Gasteiger partial charge in [0, 0.05) is 38.2 Å². The lowest BCUT2D eigenvalue weighted by molar-refractivity contribution is 0.0827. The molecule has 1 aromatic carbocycles. The summed E-state index contributed by atoms with van der Waals surface area (Å²) >= 11 is 0. The Hall–Kier alpha value is -2.08. The third-order valence-corrected chi connectivity index (χ3v) is 4.50. The summed E-state index contributed by atoms with van der Waals surface area (Å²) in [6.07, 6.45) is 2.92. The van der Waals surface area contributed by atoms with Crippen LogP contribution in [-0.4, -0.2) is 62.2 Å². The summed E-state index contributed by atoms with van der Waals surface area (Å²) < 4.78 is 0. The van der Waals surface area contributed by atoms with Gasteiger partial charge in [-0.3, -0.25) is 9.79 Å². The number of benzene rings is 1. The quantitative estimate of drug-likeness (QED) is 0.489. The molecule has 1 fully saturated rings. The van der Waals surface area contributed by atoms with Crippen molar-refractivity contribution in [3.05, 3.63) is 35.4 Å². The van der Waals surface area contributed by atoms with E-state index < -0.39 is 0 Å². The van der Waals surface area contributed by atoms with E-state index in [0.29, 0.717) is 12.1 Å². The van der Waals surface area contributed by atoms with Gasteiger partial charge in [0.15, 0.2) is 5.96 Å². The average Bonchev–Trinajstić information content (AvgIpc) is 3.40. The molecular formula is C19H30N4O2. The van der Waals surface area contributed by atoms with E-state index in [-0.39, 0.29) is 17.9 Å². The minimum atomic E-state index is 0.0171. The zero-order valence-corrected chi connectivity index (χ0v) is 15.5. The van der Waals surface area contributed by atoms with Gasteiger partial charge in [-0.05, 0) is 43.9 Å². The first-order chi connectivity index (χ1) is 12.0. The highest BCUT2D eigenvalue weighted by molar-refractivity contribution is 5.94. The van der Waals surface area contributed by atoms with Crippen LogP contribution in [-0.2, 0) is 6.42 Å². The maximum atomic E-state index is 12.0. The van der Waals surface area contributed by atoms with Gasteiger partial charge in [0.1, 0.15) is 0 Å². The maximum absolute atomic E-state index is 12.0. The number of aliphatic imine (C=N–C) groups is 1. The topological polar surface area (TPSA) is 77.0 Å². The number of guanidine groups is 1. The van der Waals surface area contributed by atoms with Crippen LogP contribution in [0.15, 0.2) is 29.3 Å². The summed E-state index contributed by atoms with van der Waals surface area (Å²) in [6, 6.07) is 7.74. The third kappa shape index (κ3) is 5.74. The molecule has 0 unspecified atom stereocenters. The van der Waals surface area contributed by atoms with E-state index in [9.17, 15) is 9.90 Å². The molecule has 138 valence electrons. The van der Waals surface area contributed by atoms with E-state index >= 15 is 0 Å². The Kier molecular flexibility index (Phi) is 6.82. The minimum Gasteiger partial charge on any atom is -0.396 e. The number of nitrogens with one attached hydrogen (secondary N) is 2. The minimum absolute atomic E-state index is 0.0171.